The topological polar surface area (TPSA) is 35.5 Å². The quantitative estimate of drug-likeness (QED) is 0.632. The Morgan fingerprint density at radius 3 is 1.90 bits per heavy atom. The smallest absolute Gasteiger partial charge is 0.400 e. The summed E-state index contributed by atoms with van der Waals surface area (Å²) < 4.78 is 23.8. The van der Waals surface area contributed by atoms with Crippen LogP contribution in [0.3, 0.4) is 0 Å². The molecule has 1 aliphatic rings. The fraction of sp³-hybridized carbons (Fsp3) is 0.500. The van der Waals surface area contributed by atoms with Crippen molar-refractivity contribution in [2.45, 2.75) is 38.9 Å². The van der Waals surface area contributed by atoms with Gasteiger partial charge in [-0.2, -0.15) is 0 Å². The zero-order valence-corrected chi connectivity index (χ0v) is 14.6. The van der Waals surface area contributed by atoms with Gasteiger partial charge >= 0.3 is 7.12 Å². The van der Waals surface area contributed by atoms with Crippen LogP contribution in [-0.4, -0.2) is 31.7 Å². The minimum absolute atomic E-state index is 0.317. The molecule has 0 atom stereocenters. The Balaban J connectivity index is 2.08. The number of hydrogen-bond donors (Lipinski definition) is 0. The molecule has 0 aliphatic carbocycles. The summed E-state index contributed by atoms with van der Waals surface area (Å²) in [6, 6.07) is 7.78. The van der Waals surface area contributed by atoms with Crippen molar-refractivity contribution in [1.29, 1.82) is 0 Å². The summed E-state index contributed by atoms with van der Waals surface area (Å²) in [5.41, 5.74) is 0.410. The van der Waals surface area contributed by atoms with Gasteiger partial charge in [-0.15, -0.1) is 0 Å². The number of rotatable bonds is 3. The van der Waals surface area contributed by atoms with Gasteiger partial charge in [-0.05, 0) is 46.6 Å². The van der Waals surface area contributed by atoms with Crippen LogP contribution in [0.25, 0.3) is 6.08 Å². The molecule has 0 N–H and O–H groups in total. The predicted octanol–water partition coefficient (Wildman–Crippen LogP) is 3.58. The van der Waals surface area contributed by atoms with Crippen molar-refractivity contribution < 1.29 is 13.9 Å². The average molecular weight is 306 g/mol. The number of hydrogen-bond acceptors (Lipinski definition) is 3. The lowest BCUT2D eigenvalue weighted by molar-refractivity contribution is 0.00578. The molecule has 0 amide bonds. The summed E-state index contributed by atoms with van der Waals surface area (Å²) in [6.07, 6.45) is 1.97. The Morgan fingerprint density at radius 2 is 1.48 bits per heavy atom. The SMILES string of the molecule is CC1(C)OB(/C=C/c2ccc(P(C)(C)=O)cc2)OC1(C)C. The molecular formula is C16H24BO3P. The van der Waals surface area contributed by atoms with Crippen LogP contribution in [-0.2, 0) is 13.9 Å². The van der Waals surface area contributed by atoms with E-state index < -0.39 is 7.14 Å². The Labute approximate surface area is 128 Å². The van der Waals surface area contributed by atoms with E-state index in [1.54, 1.807) is 13.3 Å². The zero-order chi connectivity index (χ0) is 15.9. The van der Waals surface area contributed by atoms with Crippen LogP contribution >= 0.6 is 7.14 Å². The second-order valence-corrected chi connectivity index (χ2v) is 10.1. The molecule has 3 nitrogen and oxygen atoms in total. The zero-order valence-electron chi connectivity index (χ0n) is 13.7. The first kappa shape index (κ1) is 16.5. The molecule has 5 heteroatoms. The van der Waals surface area contributed by atoms with Crippen molar-refractivity contribution in [2.24, 2.45) is 0 Å². The summed E-state index contributed by atoms with van der Waals surface area (Å²) in [4.78, 5) is 0. The van der Waals surface area contributed by atoms with Gasteiger partial charge in [0.2, 0.25) is 0 Å². The van der Waals surface area contributed by atoms with E-state index in [1.165, 1.54) is 0 Å². The van der Waals surface area contributed by atoms with Crippen molar-refractivity contribution in [3.05, 3.63) is 35.8 Å². The first-order valence-electron chi connectivity index (χ1n) is 7.21. The Morgan fingerprint density at radius 1 is 1.00 bits per heavy atom. The second kappa shape index (κ2) is 5.42. The minimum Gasteiger partial charge on any atom is -0.400 e. The molecule has 1 aliphatic heterocycles. The van der Waals surface area contributed by atoms with E-state index in [-0.39, 0.29) is 18.3 Å². The molecule has 114 valence electrons. The average Bonchev–Trinajstić information content (AvgIpc) is 2.55. The highest BCUT2D eigenvalue weighted by atomic mass is 31.2. The van der Waals surface area contributed by atoms with Gasteiger partial charge in [0.25, 0.3) is 0 Å². The molecule has 1 fully saturated rings. The van der Waals surface area contributed by atoms with Crippen LogP contribution in [0.15, 0.2) is 30.2 Å². The molecule has 21 heavy (non-hydrogen) atoms. The van der Waals surface area contributed by atoms with Crippen molar-refractivity contribution in [3.8, 4) is 0 Å². The lowest BCUT2D eigenvalue weighted by atomic mass is 9.89. The molecule has 1 heterocycles. The van der Waals surface area contributed by atoms with Gasteiger partial charge < -0.3 is 13.9 Å². The molecule has 0 radical (unpaired) electrons. The maximum absolute atomic E-state index is 12.0. The molecule has 0 saturated carbocycles. The van der Waals surface area contributed by atoms with E-state index in [2.05, 4.69) is 0 Å². The minimum atomic E-state index is -2.19. The Bertz CT molecular complexity index is 568. The van der Waals surface area contributed by atoms with Crippen LogP contribution in [0.2, 0.25) is 0 Å². The van der Waals surface area contributed by atoms with Gasteiger partial charge in [0.15, 0.2) is 0 Å². The maximum Gasteiger partial charge on any atom is 0.487 e. The highest BCUT2D eigenvalue weighted by Gasteiger charge is 2.49. The molecule has 1 aromatic carbocycles. The van der Waals surface area contributed by atoms with Crippen molar-refractivity contribution >= 4 is 25.6 Å². The van der Waals surface area contributed by atoms with Crippen LogP contribution in [0.1, 0.15) is 33.3 Å². The third-order valence-electron chi connectivity index (χ3n) is 4.23. The van der Waals surface area contributed by atoms with E-state index in [0.717, 1.165) is 10.9 Å². The van der Waals surface area contributed by atoms with Crippen molar-refractivity contribution in [1.82, 2.24) is 0 Å². The van der Waals surface area contributed by atoms with Crippen LogP contribution in [0.5, 0.6) is 0 Å². The van der Waals surface area contributed by atoms with Gasteiger partial charge in [0, 0.05) is 5.30 Å². The van der Waals surface area contributed by atoms with E-state index in [1.807, 2.05) is 64.0 Å². The molecule has 0 aromatic heterocycles. The normalized spacial score (nSPS) is 21.1. The largest absolute Gasteiger partial charge is 0.487 e. The monoisotopic (exact) mass is 306 g/mol. The summed E-state index contributed by atoms with van der Waals surface area (Å²) in [7, 11) is -2.52. The Hall–Kier alpha value is -0.825. The third-order valence-corrected chi connectivity index (χ3v) is 5.77. The summed E-state index contributed by atoms with van der Waals surface area (Å²) in [5.74, 6) is 1.92. The number of benzene rings is 1. The predicted molar refractivity (Wildman–Crippen MR) is 90.6 cm³/mol. The van der Waals surface area contributed by atoms with Crippen molar-refractivity contribution in [3.63, 3.8) is 0 Å². The fourth-order valence-electron chi connectivity index (χ4n) is 2.10. The summed E-state index contributed by atoms with van der Waals surface area (Å²) in [5, 5.41) is 0.898. The van der Waals surface area contributed by atoms with Crippen LogP contribution < -0.4 is 5.30 Å². The van der Waals surface area contributed by atoms with Crippen LogP contribution in [0.4, 0.5) is 0 Å². The maximum atomic E-state index is 12.0. The third kappa shape index (κ3) is 3.69. The van der Waals surface area contributed by atoms with Gasteiger partial charge in [0.05, 0.1) is 11.2 Å². The highest BCUT2D eigenvalue weighted by Crippen LogP contribution is 2.37. The molecule has 2 rings (SSSR count). The lowest BCUT2D eigenvalue weighted by Crippen LogP contribution is -2.41. The lowest BCUT2D eigenvalue weighted by Gasteiger charge is -2.32. The fourth-order valence-corrected chi connectivity index (χ4v) is 2.97. The van der Waals surface area contributed by atoms with Crippen LogP contribution in [0, 0.1) is 0 Å². The van der Waals surface area contributed by atoms with Gasteiger partial charge in [-0.1, -0.05) is 36.3 Å². The van der Waals surface area contributed by atoms with Gasteiger partial charge in [-0.25, -0.2) is 0 Å². The van der Waals surface area contributed by atoms with Crippen molar-refractivity contribution in [2.75, 3.05) is 13.3 Å². The van der Waals surface area contributed by atoms with E-state index >= 15 is 0 Å². The first-order chi connectivity index (χ1) is 9.51. The molecule has 1 aromatic rings. The highest BCUT2D eigenvalue weighted by molar-refractivity contribution is 7.70. The molecular weight excluding hydrogens is 282 g/mol. The Kier molecular flexibility index (Phi) is 4.27. The molecule has 1 saturated heterocycles. The van der Waals surface area contributed by atoms with E-state index in [0.29, 0.717) is 0 Å². The molecule has 0 unspecified atom stereocenters. The van der Waals surface area contributed by atoms with E-state index in [4.69, 9.17) is 9.31 Å². The standard InChI is InChI=1S/C16H24BO3P/c1-15(2)16(3,4)20-17(19-15)12-11-13-7-9-14(10-8-13)21(5,6)18/h7-12H,1-6H3/b12-11+. The van der Waals surface area contributed by atoms with Gasteiger partial charge in [-0.3, -0.25) is 0 Å². The molecule has 0 bridgehead atoms. The van der Waals surface area contributed by atoms with E-state index in [9.17, 15) is 4.57 Å². The second-order valence-electron chi connectivity index (χ2n) is 6.93. The first-order valence-corrected chi connectivity index (χ1v) is 9.81. The summed E-state index contributed by atoms with van der Waals surface area (Å²) in [6.45, 7) is 11.7. The molecule has 0 spiro atoms. The van der Waals surface area contributed by atoms with Gasteiger partial charge in [0.1, 0.15) is 7.14 Å². The summed E-state index contributed by atoms with van der Waals surface area (Å²) >= 11 is 0.